The van der Waals surface area contributed by atoms with Gasteiger partial charge in [0.15, 0.2) is 11.5 Å². The molecule has 0 bridgehead atoms. The van der Waals surface area contributed by atoms with Crippen LogP contribution in [0.2, 0.25) is 0 Å². The number of hydrogen-bond donors (Lipinski definition) is 1. The first-order chi connectivity index (χ1) is 13.1. The molecule has 0 aliphatic carbocycles. The number of benzene rings is 2. The zero-order valence-electron chi connectivity index (χ0n) is 16.6. The van der Waals surface area contributed by atoms with E-state index >= 15 is 0 Å². The number of nitrogens with one attached hydrogen (secondary N) is 1. The van der Waals surface area contributed by atoms with Crippen LogP contribution >= 0.6 is 0 Å². The van der Waals surface area contributed by atoms with Gasteiger partial charge in [-0.05, 0) is 32.0 Å². The molecule has 1 N–H and O–H groups in total. The zero-order chi connectivity index (χ0) is 19.4. The Labute approximate surface area is 160 Å². The molecule has 1 atom stereocenters. The number of aromatic nitrogens is 2. The second-order valence-electron chi connectivity index (χ2n) is 6.30. The Kier molecular flexibility index (Phi) is 5.86. The summed E-state index contributed by atoms with van der Waals surface area (Å²) in [7, 11) is 4.87. The van der Waals surface area contributed by atoms with Crippen molar-refractivity contribution in [3.63, 3.8) is 0 Å². The molecule has 0 saturated heterocycles. The van der Waals surface area contributed by atoms with Crippen molar-refractivity contribution in [2.45, 2.75) is 33.0 Å². The van der Waals surface area contributed by atoms with E-state index in [9.17, 15) is 0 Å². The maximum absolute atomic E-state index is 5.57. The van der Waals surface area contributed by atoms with Gasteiger partial charge in [-0.1, -0.05) is 18.2 Å². The van der Waals surface area contributed by atoms with Gasteiger partial charge < -0.3 is 24.1 Å². The molecule has 6 heteroatoms. The Balaban J connectivity index is 1.85. The molecule has 0 fully saturated rings. The Morgan fingerprint density at radius 1 is 1.00 bits per heavy atom. The molecule has 144 valence electrons. The van der Waals surface area contributed by atoms with Crippen molar-refractivity contribution in [3.8, 4) is 17.2 Å². The molecule has 0 aliphatic rings. The topological polar surface area (TPSA) is 57.5 Å². The maximum atomic E-state index is 5.57. The average molecular weight is 369 g/mol. The van der Waals surface area contributed by atoms with Crippen LogP contribution in [-0.4, -0.2) is 30.9 Å². The molecule has 0 spiro atoms. The van der Waals surface area contributed by atoms with Crippen molar-refractivity contribution >= 4 is 11.0 Å². The smallest absolute Gasteiger partial charge is 0.203 e. The number of methoxy groups -OCH3 is 3. The van der Waals surface area contributed by atoms with Gasteiger partial charge in [-0.2, -0.15) is 0 Å². The summed E-state index contributed by atoms with van der Waals surface area (Å²) in [5, 5.41) is 3.55. The second kappa shape index (κ2) is 8.31. The lowest BCUT2D eigenvalue weighted by atomic mass is 10.1. The molecular formula is C21H27N3O3. The Bertz CT molecular complexity index is 920. The number of ether oxygens (including phenoxy) is 3. The van der Waals surface area contributed by atoms with Crippen molar-refractivity contribution < 1.29 is 14.2 Å². The molecule has 27 heavy (non-hydrogen) atoms. The van der Waals surface area contributed by atoms with Gasteiger partial charge in [-0.25, -0.2) is 4.98 Å². The highest BCUT2D eigenvalue weighted by Gasteiger charge is 2.18. The molecule has 6 nitrogen and oxygen atoms in total. The van der Waals surface area contributed by atoms with E-state index in [2.05, 4.69) is 35.9 Å². The summed E-state index contributed by atoms with van der Waals surface area (Å²) in [4.78, 5) is 4.82. The molecule has 1 unspecified atom stereocenters. The number of hydrogen-bond acceptors (Lipinski definition) is 5. The molecule has 2 aromatic carbocycles. The summed E-state index contributed by atoms with van der Waals surface area (Å²) in [6, 6.07) is 12.2. The zero-order valence-corrected chi connectivity index (χ0v) is 16.6. The largest absolute Gasteiger partial charge is 0.493 e. The van der Waals surface area contributed by atoms with Crippen LogP contribution < -0.4 is 19.5 Å². The van der Waals surface area contributed by atoms with Crippen LogP contribution in [-0.2, 0) is 13.1 Å². The van der Waals surface area contributed by atoms with Crippen LogP contribution in [0.25, 0.3) is 11.0 Å². The first-order valence-electron chi connectivity index (χ1n) is 9.10. The maximum Gasteiger partial charge on any atom is 0.203 e. The number of fused-ring (bicyclic) bond motifs is 1. The van der Waals surface area contributed by atoms with E-state index in [0.717, 1.165) is 29.0 Å². The van der Waals surface area contributed by atoms with Crippen molar-refractivity contribution in [2.24, 2.45) is 0 Å². The van der Waals surface area contributed by atoms with Gasteiger partial charge in [-0.15, -0.1) is 0 Å². The monoisotopic (exact) mass is 369 g/mol. The summed E-state index contributed by atoms with van der Waals surface area (Å²) in [6.07, 6.45) is 0. The fourth-order valence-corrected chi connectivity index (χ4v) is 3.41. The summed E-state index contributed by atoms with van der Waals surface area (Å²) < 4.78 is 18.7. The molecule has 0 aliphatic heterocycles. The van der Waals surface area contributed by atoms with Gasteiger partial charge in [0.1, 0.15) is 5.82 Å². The normalized spacial score (nSPS) is 12.2. The van der Waals surface area contributed by atoms with Gasteiger partial charge in [0.2, 0.25) is 5.75 Å². The molecule has 0 amide bonds. The summed E-state index contributed by atoms with van der Waals surface area (Å²) in [5.74, 6) is 2.96. The molecule has 0 saturated carbocycles. The summed E-state index contributed by atoms with van der Waals surface area (Å²) in [6.45, 7) is 5.77. The lowest BCUT2D eigenvalue weighted by Gasteiger charge is -2.19. The third-order valence-electron chi connectivity index (χ3n) is 4.77. The van der Waals surface area contributed by atoms with Gasteiger partial charge in [0.25, 0.3) is 0 Å². The molecule has 3 rings (SSSR count). The third-order valence-corrected chi connectivity index (χ3v) is 4.77. The highest BCUT2D eigenvalue weighted by Crippen LogP contribution is 2.39. The van der Waals surface area contributed by atoms with Crippen molar-refractivity contribution in [1.82, 2.24) is 14.9 Å². The van der Waals surface area contributed by atoms with Crippen LogP contribution in [0.4, 0.5) is 0 Å². The summed E-state index contributed by atoms with van der Waals surface area (Å²) >= 11 is 0. The highest BCUT2D eigenvalue weighted by molar-refractivity contribution is 5.76. The minimum atomic E-state index is 0.0788. The summed E-state index contributed by atoms with van der Waals surface area (Å²) in [5.41, 5.74) is 3.18. The van der Waals surface area contributed by atoms with Crippen LogP contribution in [0, 0.1) is 0 Å². The minimum Gasteiger partial charge on any atom is -0.493 e. The van der Waals surface area contributed by atoms with E-state index in [1.807, 2.05) is 24.3 Å². The Morgan fingerprint density at radius 2 is 1.74 bits per heavy atom. The standard InChI is InChI=1S/C21H27N3O3/c1-6-24-17-10-8-7-9-16(17)23-21(24)14(2)22-13-15-11-12-18(25-3)20(27-5)19(15)26-4/h7-12,14,22H,6,13H2,1-5H3. The molecule has 1 heterocycles. The molecule has 0 radical (unpaired) electrons. The van der Waals surface area contributed by atoms with Crippen molar-refractivity contribution in [3.05, 3.63) is 47.8 Å². The minimum absolute atomic E-state index is 0.0788. The number of nitrogens with zero attached hydrogens (tertiary/aromatic N) is 2. The van der Waals surface area contributed by atoms with E-state index in [1.165, 1.54) is 0 Å². The second-order valence-corrected chi connectivity index (χ2v) is 6.30. The van der Waals surface area contributed by atoms with E-state index in [4.69, 9.17) is 19.2 Å². The first kappa shape index (κ1) is 19.0. The molecule has 1 aromatic heterocycles. The third kappa shape index (κ3) is 3.57. The SMILES string of the molecule is CCn1c(C(C)NCc2ccc(OC)c(OC)c2OC)nc2ccccc21. The van der Waals surface area contributed by atoms with Gasteiger partial charge >= 0.3 is 0 Å². The van der Waals surface area contributed by atoms with Crippen LogP contribution in [0.3, 0.4) is 0 Å². The van der Waals surface area contributed by atoms with Crippen LogP contribution in [0.1, 0.15) is 31.3 Å². The molecular weight excluding hydrogens is 342 g/mol. The first-order valence-corrected chi connectivity index (χ1v) is 9.10. The van der Waals surface area contributed by atoms with Crippen LogP contribution in [0.15, 0.2) is 36.4 Å². The predicted octanol–water partition coefficient (Wildman–Crippen LogP) is 3.93. The van der Waals surface area contributed by atoms with E-state index < -0.39 is 0 Å². The van der Waals surface area contributed by atoms with Crippen molar-refractivity contribution in [2.75, 3.05) is 21.3 Å². The fraction of sp³-hybridized carbons (Fsp3) is 0.381. The van der Waals surface area contributed by atoms with Gasteiger partial charge in [0, 0.05) is 18.7 Å². The average Bonchev–Trinajstić information content (AvgIpc) is 3.09. The number of para-hydroxylation sites is 2. The molecule has 3 aromatic rings. The Morgan fingerprint density at radius 3 is 2.41 bits per heavy atom. The van der Waals surface area contributed by atoms with Gasteiger partial charge in [-0.3, -0.25) is 0 Å². The van der Waals surface area contributed by atoms with Gasteiger partial charge in [0.05, 0.1) is 38.4 Å². The Hall–Kier alpha value is -2.73. The quantitative estimate of drug-likeness (QED) is 0.652. The number of aryl methyl sites for hydroxylation is 1. The lowest BCUT2D eigenvalue weighted by Crippen LogP contribution is -2.22. The van der Waals surface area contributed by atoms with Crippen molar-refractivity contribution in [1.29, 1.82) is 0 Å². The predicted molar refractivity (Wildman–Crippen MR) is 107 cm³/mol. The highest BCUT2D eigenvalue weighted by atomic mass is 16.5. The van der Waals surface area contributed by atoms with E-state index in [-0.39, 0.29) is 6.04 Å². The van der Waals surface area contributed by atoms with E-state index in [1.54, 1.807) is 21.3 Å². The fourth-order valence-electron chi connectivity index (χ4n) is 3.41. The van der Waals surface area contributed by atoms with E-state index in [0.29, 0.717) is 23.8 Å². The van der Waals surface area contributed by atoms with Crippen LogP contribution in [0.5, 0.6) is 17.2 Å². The number of rotatable bonds is 8. The number of imidazole rings is 1. The lowest BCUT2D eigenvalue weighted by molar-refractivity contribution is 0.321.